The molecule has 25 heavy (non-hydrogen) atoms. The molecular weight excluding hydrogens is 320 g/mol. The third-order valence-corrected chi connectivity index (χ3v) is 3.45. The maximum Gasteiger partial charge on any atom is 0.271 e. The summed E-state index contributed by atoms with van der Waals surface area (Å²) < 4.78 is 10.6. The van der Waals surface area contributed by atoms with Gasteiger partial charge in [0.25, 0.3) is 5.91 Å². The predicted molar refractivity (Wildman–Crippen MR) is 96.3 cm³/mol. The second-order valence-corrected chi connectivity index (χ2v) is 5.36. The Morgan fingerprint density at radius 2 is 1.80 bits per heavy atom. The fourth-order valence-corrected chi connectivity index (χ4v) is 2.04. The molecule has 0 unspecified atom stereocenters. The van der Waals surface area contributed by atoms with Crippen LogP contribution >= 0.6 is 0 Å². The molecule has 0 fully saturated rings. The number of benzene rings is 1. The first-order valence-electron chi connectivity index (χ1n) is 8.35. The predicted octanol–water partition coefficient (Wildman–Crippen LogP) is 2.51. The molecule has 2 aromatic rings. The Bertz CT molecular complexity index is 644. The van der Waals surface area contributed by atoms with Crippen molar-refractivity contribution in [1.82, 2.24) is 15.5 Å². The van der Waals surface area contributed by atoms with Gasteiger partial charge in [-0.2, -0.15) is 0 Å². The van der Waals surface area contributed by atoms with Crippen LogP contribution in [0.5, 0.6) is 11.5 Å². The molecule has 0 aliphatic heterocycles. The summed E-state index contributed by atoms with van der Waals surface area (Å²) in [5.41, 5.74) is 0.283. The quantitative estimate of drug-likeness (QED) is 0.644. The molecule has 0 aliphatic carbocycles. The Labute approximate surface area is 147 Å². The molecule has 0 spiro atoms. The lowest BCUT2D eigenvalue weighted by molar-refractivity contribution is 0.0941. The van der Waals surface area contributed by atoms with Gasteiger partial charge in [-0.15, -0.1) is 10.2 Å². The van der Waals surface area contributed by atoms with E-state index >= 15 is 0 Å². The van der Waals surface area contributed by atoms with Gasteiger partial charge in [0.15, 0.2) is 5.69 Å². The Balaban J connectivity index is 1.70. The molecular formula is C18H24N4O3. The fraction of sp³-hybridized carbons (Fsp3) is 0.389. The third kappa shape index (κ3) is 6.29. The Morgan fingerprint density at radius 1 is 1.04 bits per heavy atom. The number of amides is 1. The van der Waals surface area contributed by atoms with E-state index in [0.717, 1.165) is 30.9 Å². The van der Waals surface area contributed by atoms with Crippen molar-refractivity contribution in [3.8, 4) is 11.5 Å². The van der Waals surface area contributed by atoms with Crippen LogP contribution in [0.4, 0.5) is 5.82 Å². The van der Waals surface area contributed by atoms with Gasteiger partial charge in [0.2, 0.25) is 0 Å². The molecule has 1 aromatic carbocycles. The summed E-state index contributed by atoms with van der Waals surface area (Å²) in [5, 5.41) is 13.8. The number of unbranched alkanes of at least 4 members (excludes halogenated alkanes) is 1. The van der Waals surface area contributed by atoms with E-state index in [2.05, 4.69) is 27.8 Å². The van der Waals surface area contributed by atoms with Gasteiger partial charge in [0.1, 0.15) is 23.9 Å². The standard InChI is InChI=1S/C18H24N4O3/c1-3-4-11-19-17-10-9-16(21-22-17)18(23)20-12-13-25-15-7-5-14(24-2)6-8-15/h5-10H,3-4,11-13H2,1-2H3,(H,19,22)(H,20,23). The molecule has 7 heteroatoms. The zero-order valence-electron chi connectivity index (χ0n) is 14.6. The van der Waals surface area contributed by atoms with Crippen LogP contribution in [0.1, 0.15) is 30.3 Å². The van der Waals surface area contributed by atoms with E-state index in [1.807, 2.05) is 24.3 Å². The molecule has 1 amide bonds. The Morgan fingerprint density at radius 3 is 2.44 bits per heavy atom. The van der Waals surface area contributed by atoms with E-state index in [9.17, 15) is 4.79 Å². The van der Waals surface area contributed by atoms with Gasteiger partial charge in [0.05, 0.1) is 13.7 Å². The number of ether oxygens (including phenoxy) is 2. The average molecular weight is 344 g/mol. The number of anilines is 1. The maximum atomic E-state index is 12.0. The van der Waals surface area contributed by atoms with E-state index in [0.29, 0.717) is 19.0 Å². The van der Waals surface area contributed by atoms with Crippen LogP contribution in [-0.4, -0.2) is 42.9 Å². The highest BCUT2D eigenvalue weighted by Crippen LogP contribution is 2.16. The lowest BCUT2D eigenvalue weighted by Gasteiger charge is -2.08. The smallest absolute Gasteiger partial charge is 0.271 e. The monoisotopic (exact) mass is 344 g/mol. The van der Waals surface area contributed by atoms with E-state index in [-0.39, 0.29) is 11.6 Å². The summed E-state index contributed by atoms with van der Waals surface area (Å²) in [6, 6.07) is 10.7. The summed E-state index contributed by atoms with van der Waals surface area (Å²) in [5.74, 6) is 1.89. The van der Waals surface area contributed by atoms with Gasteiger partial charge in [-0.1, -0.05) is 13.3 Å². The molecule has 1 heterocycles. The van der Waals surface area contributed by atoms with Crippen molar-refractivity contribution in [2.24, 2.45) is 0 Å². The van der Waals surface area contributed by atoms with Crippen molar-refractivity contribution in [3.05, 3.63) is 42.1 Å². The maximum absolute atomic E-state index is 12.0. The van der Waals surface area contributed by atoms with Crippen LogP contribution in [0.3, 0.4) is 0 Å². The molecule has 2 rings (SSSR count). The van der Waals surface area contributed by atoms with Crippen LogP contribution in [0, 0.1) is 0 Å². The first-order valence-corrected chi connectivity index (χ1v) is 8.35. The minimum absolute atomic E-state index is 0.272. The van der Waals surface area contributed by atoms with Gasteiger partial charge < -0.3 is 20.1 Å². The van der Waals surface area contributed by atoms with Crippen molar-refractivity contribution in [3.63, 3.8) is 0 Å². The molecule has 2 N–H and O–H groups in total. The van der Waals surface area contributed by atoms with Gasteiger partial charge in [0, 0.05) is 6.54 Å². The van der Waals surface area contributed by atoms with Crippen molar-refractivity contribution in [1.29, 1.82) is 0 Å². The molecule has 0 radical (unpaired) electrons. The minimum atomic E-state index is -0.272. The summed E-state index contributed by atoms with van der Waals surface area (Å²) in [4.78, 5) is 12.0. The fourth-order valence-electron chi connectivity index (χ4n) is 2.04. The van der Waals surface area contributed by atoms with Crippen molar-refractivity contribution in [2.75, 3.05) is 32.1 Å². The lowest BCUT2D eigenvalue weighted by atomic mass is 10.3. The highest BCUT2D eigenvalue weighted by atomic mass is 16.5. The first-order chi connectivity index (χ1) is 12.2. The van der Waals surface area contributed by atoms with Crippen LogP contribution in [0.15, 0.2) is 36.4 Å². The van der Waals surface area contributed by atoms with Gasteiger partial charge in [-0.3, -0.25) is 4.79 Å². The number of carbonyl (C=O) groups excluding carboxylic acids is 1. The van der Waals surface area contributed by atoms with Crippen molar-refractivity contribution in [2.45, 2.75) is 19.8 Å². The highest BCUT2D eigenvalue weighted by molar-refractivity contribution is 5.92. The van der Waals surface area contributed by atoms with Crippen LogP contribution in [-0.2, 0) is 0 Å². The van der Waals surface area contributed by atoms with Crippen molar-refractivity contribution >= 4 is 11.7 Å². The van der Waals surface area contributed by atoms with Gasteiger partial charge in [-0.05, 0) is 42.8 Å². The zero-order chi connectivity index (χ0) is 17.9. The SMILES string of the molecule is CCCCNc1ccc(C(=O)NCCOc2ccc(OC)cc2)nn1. The minimum Gasteiger partial charge on any atom is -0.497 e. The largest absolute Gasteiger partial charge is 0.497 e. The molecule has 0 atom stereocenters. The number of nitrogens with zero attached hydrogens (tertiary/aromatic N) is 2. The molecule has 7 nitrogen and oxygen atoms in total. The Hall–Kier alpha value is -2.83. The molecule has 134 valence electrons. The molecule has 0 aliphatic rings. The molecule has 0 bridgehead atoms. The number of aromatic nitrogens is 2. The number of rotatable bonds is 10. The van der Waals surface area contributed by atoms with E-state index in [1.54, 1.807) is 19.2 Å². The number of carbonyl (C=O) groups is 1. The van der Waals surface area contributed by atoms with E-state index in [4.69, 9.17) is 9.47 Å². The van der Waals surface area contributed by atoms with Crippen LogP contribution in [0.2, 0.25) is 0 Å². The number of methoxy groups -OCH3 is 1. The molecule has 0 saturated heterocycles. The van der Waals surface area contributed by atoms with E-state index in [1.165, 1.54) is 0 Å². The second-order valence-electron chi connectivity index (χ2n) is 5.36. The number of hydrogen-bond acceptors (Lipinski definition) is 6. The third-order valence-electron chi connectivity index (χ3n) is 3.45. The topological polar surface area (TPSA) is 85.4 Å². The summed E-state index contributed by atoms with van der Waals surface area (Å²) in [6.45, 7) is 3.71. The lowest BCUT2D eigenvalue weighted by Crippen LogP contribution is -2.29. The van der Waals surface area contributed by atoms with E-state index < -0.39 is 0 Å². The zero-order valence-corrected chi connectivity index (χ0v) is 14.6. The normalized spacial score (nSPS) is 10.2. The molecule has 0 saturated carbocycles. The van der Waals surface area contributed by atoms with Gasteiger partial charge in [-0.25, -0.2) is 0 Å². The highest BCUT2D eigenvalue weighted by Gasteiger charge is 2.07. The van der Waals surface area contributed by atoms with Crippen LogP contribution < -0.4 is 20.1 Å². The first kappa shape index (κ1) is 18.5. The summed E-state index contributed by atoms with van der Waals surface area (Å²) in [7, 11) is 1.61. The Kier molecular flexibility index (Phi) is 7.49. The molecule has 1 aromatic heterocycles. The number of nitrogens with one attached hydrogen (secondary N) is 2. The number of hydrogen-bond donors (Lipinski definition) is 2. The van der Waals surface area contributed by atoms with Crippen molar-refractivity contribution < 1.29 is 14.3 Å². The summed E-state index contributed by atoms with van der Waals surface area (Å²) >= 11 is 0. The second kappa shape index (κ2) is 10.1. The summed E-state index contributed by atoms with van der Waals surface area (Å²) in [6.07, 6.45) is 2.18. The van der Waals surface area contributed by atoms with Crippen LogP contribution in [0.25, 0.3) is 0 Å². The van der Waals surface area contributed by atoms with Gasteiger partial charge >= 0.3 is 0 Å². The average Bonchev–Trinajstić information content (AvgIpc) is 2.66.